The lowest BCUT2D eigenvalue weighted by Gasteiger charge is -2.29. The summed E-state index contributed by atoms with van der Waals surface area (Å²) in [5.74, 6) is 1.14. The van der Waals surface area contributed by atoms with E-state index in [9.17, 15) is 8.42 Å². The van der Waals surface area contributed by atoms with Gasteiger partial charge in [0.1, 0.15) is 5.75 Å². The molecule has 0 aromatic heterocycles. The highest BCUT2D eigenvalue weighted by Crippen LogP contribution is 2.27. The van der Waals surface area contributed by atoms with Crippen LogP contribution in [0.3, 0.4) is 0 Å². The average Bonchev–Trinajstić information content (AvgIpc) is 2.48. The van der Waals surface area contributed by atoms with E-state index in [1.165, 1.54) is 6.42 Å². The third-order valence-corrected chi connectivity index (χ3v) is 5.85. The van der Waals surface area contributed by atoms with E-state index in [2.05, 4.69) is 11.6 Å². The zero-order valence-corrected chi connectivity index (χ0v) is 13.9. The normalized spacial score (nSPS) is 23.0. The van der Waals surface area contributed by atoms with Gasteiger partial charge >= 0.3 is 0 Å². The first-order valence-electron chi connectivity index (χ1n) is 7.67. The van der Waals surface area contributed by atoms with Crippen LogP contribution >= 0.6 is 0 Å². The Hall–Kier alpha value is -1.07. The van der Waals surface area contributed by atoms with Crippen LogP contribution in [0.1, 0.15) is 45.1 Å². The molecule has 0 aliphatic heterocycles. The van der Waals surface area contributed by atoms with Crippen molar-refractivity contribution in [3.05, 3.63) is 23.8 Å². The Bertz CT molecular complexity index is 583. The smallest absolute Gasteiger partial charge is 0.240 e. The molecule has 1 aromatic carbocycles. The van der Waals surface area contributed by atoms with E-state index in [-0.39, 0.29) is 6.04 Å². The van der Waals surface area contributed by atoms with Gasteiger partial charge in [-0.2, -0.15) is 0 Å². The summed E-state index contributed by atoms with van der Waals surface area (Å²) in [5.41, 5.74) is 0.914. The molecule has 4 nitrogen and oxygen atoms in total. The predicted octanol–water partition coefficient (Wildman–Crippen LogP) is 3.11. The van der Waals surface area contributed by atoms with Gasteiger partial charge in [-0.15, -0.1) is 0 Å². The molecule has 1 aliphatic carbocycles. The number of hydrogen-bond donors (Lipinski definition) is 1. The van der Waals surface area contributed by atoms with Crippen molar-refractivity contribution in [3.63, 3.8) is 0 Å². The van der Waals surface area contributed by atoms with Crippen LogP contribution in [0.2, 0.25) is 0 Å². The van der Waals surface area contributed by atoms with Crippen LogP contribution in [-0.4, -0.2) is 21.6 Å². The SMILES string of the molecule is CCc1cc(S(=O)(=O)N[C@@H]2CCCC[C@H]2C)ccc1OC. The molecule has 0 saturated heterocycles. The summed E-state index contributed by atoms with van der Waals surface area (Å²) >= 11 is 0. The Morgan fingerprint density at radius 3 is 2.62 bits per heavy atom. The second kappa shape index (κ2) is 6.79. The van der Waals surface area contributed by atoms with Crippen molar-refractivity contribution in [3.8, 4) is 5.75 Å². The highest BCUT2D eigenvalue weighted by Gasteiger charge is 2.27. The fourth-order valence-electron chi connectivity index (χ4n) is 2.96. The van der Waals surface area contributed by atoms with E-state index in [4.69, 9.17) is 4.74 Å². The van der Waals surface area contributed by atoms with Gasteiger partial charge in [0.25, 0.3) is 0 Å². The van der Waals surface area contributed by atoms with E-state index in [1.54, 1.807) is 25.3 Å². The molecule has 5 heteroatoms. The van der Waals surface area contributed by atoms with Crippen molar-refractivity contribution in [2.45, 2.75) is 56.9 Å². The second-order valence-corrected chi connectivity index (χ2v) is 7.53. The lowest BCUT2D eigenvalue weighted by atomic mass is 9.87. The van der Waals surface area contributed by atoms with Crippen LogP contribution in [0, 0.1) is 5.92 Å². The molecule has 0 heterocycles. The molecule has 1 aromatic rings. The fraction of sp³-hybridized carbons (Fsp3) is 0.625. The molecule has 2 atom stereocenters. The lowest BCUT2D eigenvalue weighted by molar-refractivity contribution is 0.310. The summed E-state index contributed by atoms with van der Waals surface area (Å²) in [7, 11) is -1.85. The van der Waals surface area contributed by atoms with Crippen LogP contribution in [-0.2, 0) is 16.4 Å². The van der Waals surface area contributed by atoms with E-state index in [0.29, 0.717) is 10.8 Å². The molecule has 0 bridgehead atoms. The zero-order chi connectivity index (χ0) is 15.5. The van der Waals surface area contributed by atoms with Gasteiger partial charge in [0.2, 0.25) is 10.0 Å². The highest BCUT2D eigenvalue weighted by molar-refractivity contribution is 7.89. The van der Waals surface area contributed by atoms with Gasteiger partial charge in [-0.05, 0) is 48.9 Å². The Balaban J connectivity index is 2.22. The molecule has 1 aliphatic rings. The first-order chi connectivity index (χ1) is 9.97. The number of sulfonamides is 1. The third-order valence-electron chi connectivity index (χ3n) is 4.36. The van der Waals surface area contributed by atoms with Crippen LogP contribution in [0.5, 0.6) is 5.75 Å². The first-order valence-corrected chi connectivity index (χ1v) is 9.15. The maximum atomic E-state index is 12.6. The maximum absolute atomic E-state index is 12.6. The van der Waals surface area contributed by atoms with Crippen LogP contribution < -0.4 is 9.46 Å². The number of aryl methyl sites for hydroxylation is 1. The van der Waals surface area contributed by atoms with E-state index in [0.717, 1.165) is 37.0 Å². The molecule has 118 valence electrons. The van der Waals surface area contributed by atoms with Crippen molar-refractivity contribution in [2.24, 2.45) is 5.92 Å². The highest BCUT2D eigenvalue weighted by atomic mass is 32.2. The number of rotatable bonds is 5. The number of methoxy groups -OCH3 is 1. The number of nitrogens with one attached hydrogen (secondary N) is 1. The summed E-state index contributed by atoms with van der Waals surface area (Å²) in [4.78, 5) is 0.331. The first kappa shape index (κ1) is 16.3. The second-order valence-electron chi connectivity index (χ2n) is 5.82. The number of hydrogen-bond acceptors (Lipinski definition) is 3. The Kier molecular flexibility index (Phi) is 5.27. The minimum atomic E-state index is -3.46. The Morgan fingerprint density at radius 2 is 2.00 bits per heavy atom. The maximum Gasteiger partial charge on any atom is 0.240 e. The molecule has 0 amide bonds. The van der Waals surface area contributed by atoms with Crippen molar-refractivity contribution in [1.29, 1.82) is 0 Å². The van der Waals surface area contributed by atoms with Crippen LogP contribution in [0.4, 0.5) is 0 Å². The molecule has 2 rings (SSSR count). The quantitative estimate of drug-likeness (QED) is 0.909. The Labute approximate surface area is 127 Å². The van der Waals surface area contributed by atoms with E-state index in [1.807, 2.05) is 6.92 Å². The minimum Gasteiger partial charge on any atom is -0.496 e. The van der Waals surface area contributed by atoms with Crippen molar-refractivity contribution in [1.82, 2.24) is 4.72 Å². The molecular formula is C16H25NO3S. The van der Waals surface area contributed by atoms with Gasteiger partial charge in [0.05, 0.1) is 12.0 Å². The summed E-state index contributed by atoms with van der Waals surface area (Å²) in [6, 6.07) is 5.12. The van der Waals surface area contributed by atoms with E-state index < -0.39 is 10.0 Å². The van der Waals surface area contributed by atoms with Crippen molar-refractivity contribution in [2.75, 3.05) is 7.11 Å². The third kappa shape index (κ3) is 3.77. The molecule has 1 N–H and O–H groups in total. The molecule has 1 saturated carbocycles. The topological polar surface area (TPSA) is 55.4 Å². The van der Waals surface area contributed by atoms with E-state index >= 15 is 0 Å². The molecule has 21 heavy (non-hydrogen) atoms. The van der Waals surface area contributed by atoms with Gasteiger partial charge in [-0.1, -0.05) is 26.7 Å². The van der Waals surface area contributed by atoms with Gasteiger partial charge in [-0.3, -0.25) is 0 Å². The standard InChI is InChI=1S/C16H25NO3S/c1-4-13-11-14(9-10-16(13)20-3)21(18,19)17-15-8-6-5-7-12(15)2/h9-12,15,17H,4-8H2,1-3H3/t12-,15-/m1/s1. The minimum absolute atomic E-state index is 0.0518. The lowest BCUT2D eigenvalue weighted by Crippen LogP contribution is -2.40. The monoisotopic (exact) mass is 311 g/mol. The zero-order valence-electron chi connectivity index (χ0n) is 13.1. The summed E-state index contributed by atoms with van der Waals surface area (Å²) < 4.78 is 33.3. The fourth-order valence-corrected chi connectivity index (χ4v) is 4.39. The van der Waals surface area contributed by atoms with Crippen molar-refractivity contribution < 1.29 is 13.2 Å². The molecule has 0 spiro atoms. The number of benzene rings is 1. The molecule has 0 radical (unpaired) electrons. The van der Waals surface area contributed by atoms with Crippen LogP contribution in [0.15, 0.2) is 23.1 Å². The van der Waals surface area contributed by atoms with Gasteiger partial charge < -0.3 is 4.74 Å². The average molecular weight is 311 g/mol. The van der Waals surface area contributed by atoms with Gasteiger partial charge in [0.15, 0.2) is 0 Å². The molecule has 0 unspecified atom stereocenters. The molecular weight excluding hydrogens is 286 g/mol. The van der Waals surface area contributed by atoms with Gasteiger partial charge in [-0.25, -0.2) is 13.1 Å². The summed E-state index contributed by atoms with van der Waals surface area (Å²) in [6.07, 6.45) is 5.06. The molecule has 1 fully saturated rings. The predicted molar refractivity (Wildman–Crippen MR) is 84.1 cm³/mol. The summed E-state index contributed by atoms with van der Waals surface area (Å²) in [5, 5.41) is 0. The van der Waals surface area contributed by atoms with Crippen molar-refractivity contribution >= 4 is 10.0 Å². The summed E-state index contributed by atoms with van der Waals surface area (Å²) in [6.45, 7) is 4.11. The van der Waals surface area contributed by atoms with Gasteiger partial charge in [0, 0.05) is 6.04 Å². The number of ether oxygens (including phenoxy) is 1. The van der Waals surface area contributed by atoms with Crippen LogP contribution in [0.25, 0.3) is 0 Å². The Morgan fingerprint density at radius 1 is 1.29 bits per heavy atom. The largest absolute Gasteiger partial charge is 0.496 e.